The molecule has 0 radical (unpaired) electrons. The van der Waals surface area contributed by atoms with E-state index in [9.17, 15) is 0 Å². The molecular weight excluding hydrogens is 407 g/mol. The number of hydrogen-bond donors (Lipinski definition) is 0. The van der Waals surface area contributed by atoms with Gasteiger partial charge >= 0.3 is 141 Å². The number of rotatable bonds is 1. The third-order valence-electron chi connectivity index (χ3n) is 4.15. The molecule has 3 aromatic carbocycles. The predicted octanol–water partition coefficient (Wildman–Crippen LogP) is 5.12. The molecule has 3 heteroatoms. The fraction of sp³-hybridized carbons (Fsp3) is 0. The summed E-state index contributed by atoms with van der Waals surface area (Å²) in [5, 5.41) is 4.02. The molecule has 0 bridgehead atoms. The van der Waals surface area contributed by atoms with Gasteiger partial charge in [-0.25, -0.2) is 0 Å². The van der Waals surface area contributed by atoms with Crippen LogP contribution in [0.5, 0.6) is 0 Å². The maximum atomic E-state index is 4.20. The molecule has 4 rings (SSSR count). The molecule has 0 saturated carbocycles. The van der Waals surface area contributed by atoms with Gasteiger partial charge in [0.1, 0.15) is 0 Å². The fourth-order valence-corrected chi connectivity index (χ4v) is 11.8. The monoisotopic (exact) mass is 418 g/mol. The van der Waals surface area contributed by atoms with Crippen molar-refractivity contribution < 1.29 is 0 Å². The van der Waals surface area contributed by atoms with Gasteiger partial charge in [0, 0.05) is 0 Å². The van der Waals surface area contributed by atoms with Crippen LogP contribution < -0.4 is 15.9 Å². The second-order valence-corrected chi connectivity index (χ2v) is 19.9. The van der Waals surface area contributed by atoms with Crippen LogP contribution in [-0.2, 0) is 0 Å². The molecule has 0 saturated heterocycles. The second kappa shape index (κ2) is 4.52. The molecule has 1 heterocycles. The van der Waals surface area contributed by atoms with Crippen LogP contribution in [-0.4, -0.2) is 0 Å². The summed E-state index contributed by atoms with van der Waals surface area (Å²) in [7, 11) is 0. The van der Waals surface area contributed by atoms with Crippen molar-refractivity contribution in [2.75, 3.05) is 0 Å². The molecule has 1 aliphatic rings. The molecule has 3 aromatic rings. The van der Waals surface area contributed by atoms with Gasteiger partial charge in [0.15, 0.2) is 0 Å². The van der Waals surface area contributed by atoms with Gasteiger partial charge in [-0.3, -0.25) is 0 Å². The van der Waals surface area contributed by atoms with Crippen molar-refractivity contribution in [1.29, 1.82) is 0 Å². The summed E-state index contributed by atoms with van der Waals surface area (Å²) >= 11 is 8.41. The summed E-state index contributed by atoms with van der Waals surface area (Å²) in [5.41, 5.74) is 2.65. The van der Waals surface area contributed by atoms with E-state index in [1.54, 1.807) is 0 Å². The standard InChI is InChI=1S/C18H13Br2P/c19-21(20,14-8-2-1-3-9-14)17-12-6-4-10-15(17)16-11-5-7-13-18(16)21/h1-13H. The van der Waals surface area contributed by atoms with E-state index in [0.29, 0.717) is 0 Å². The minimum atomic E-state index is -2.68. The van der Waals surface area contributed by atoms with Crippen LogP contribution in [0.2, 0.25) is 0 Å². The van der Waals surface area contributed by atoms with Crippen LogP contribution in [0.4, 0.5) is 0 Å². The molecule has 0 amide bonds. The molecule has 0 unspecified atom stereocenters. The van der Waals surface area contributed by atoms with Gasteiger partial charge in [-0.1, -0.05) is 0 Å². The van der Waals surface area contributed by atoms with Crippen molar-refractivity contribution in [2.45, 2.75) is 0 Å². The van der Waals surface area contributed by atoms with E-state index in [1.807, 2.05) is 0 Å². The van der Waals surface area contributed by atoms with E-state index in [0.717, 1.165) is 0 Å². The third-order valence-corrected chi connectivity index (χ3v) is 14.9. The molecule has 0 spiro atoms. The Morgan fingerprint density at radius 1 is 0.524 bits per heavy atom. The van der Waals surface area contributed by atoms with Crippen LogP contribution >= 0.6 is 35.0 Å². The average Bonchev–Trinajstić information content (AvgIpc) is 2.77. The molecule has 0 atom stereocenters. The number of hydrogen-bond acceptors (Lipinski definition) is 0. The maximum absolute atomic E-state index is 4.20. The Balaban J connectivity index is 2.19. The number of benzene rings is 3. The van der Waals surface area contributed by atoms with E-state index in [1.165, 1.54) is 27.0 Å². The normalized spacial score (nSPS) is 19.0. The van der Waals surface area contributed by atoms with Crippen molar-refractivity contribution in [3.8, 4) is 11.1 Å². The zero-order valence-corrected chi connectivity index (χ0v) is 15.3. The summed E-state index contributed by atoms with van der Waals surface area (Å²) in [4.78, 5) is 0. The first kappa shape index (κ1) is 13.7. The Kier molecular flexibility index (Phi) is 2.95. The zero-order chi connectivity index (χ0) is 14.5. The van der Waals surface area contributed by atoms with Crippen LogP contribution in [0.1, 0.15) is 0 Å². The van der Waals surface area contributed by atoms with Crippen molar-refractivity contribution in [3.05, 3.63) is 78.9 Å². The van der Waals surface area contributed by atoms with E-state index < -0.39 is 4.01 Å². The van der Waals surface area contributed by atoms with Gasteiger partial charge in [0.25, 0.3) is 0 Å². The van der Waals surface area contributed by atoms with Crippen LogP contribution in [0.15, 0.2) is 78.9 Å². The summed E-state index contributed by atoms with van der Waals surface area (Å²) in [5.74, 6) is 0. The van der Waals surface area contributed by atoms with Crippen LogP contribution in [0.3, 0.4) is 0 Å². The Hall–Kier alpha value is -0.950. The molecule has 0 nitrogen and oxygen atoms in total. The molecule has 0 fully saturated rings. The topological polar surface area (TPSA) is 0 Å². The van der Waals surface area contributed by atoms with E-state index in [4.69, 9.17) is 0 Å². The van der Waals surface area contributed by atoms with Crippen molar-refractivity contribution in [2.24, 2.45) is 0 Å². The molecular formula is C18H13Br2P. The predicted molar refractivity (Wildman–Crippen MR) is 102 cm³/mol. The molecule has 0 aromatic heterocycles. The van der Waals surface area contributed by atoms with Gasteiger partial charge in [0.05, 0.1) is 0 Å². The first-order valence-corrected chi connectivity index (χ1v) is 13.1. The van der Waals surface area contributed by atoms with Crippen molar-refractivity contribution >= 4 is 50.9 Å². The van der Waals surface area contributed by atoms with Crippen molar-refractivity contribution in [1.82, 2.24) is 0 Å². The zero-order valence-electron chi connectivity index (χ0n) is 11.2. The molecule has 0 N–H and O–H groups in total. The number of halogens is 2. The summed E-state index contributed by atoms with van der Waals surface area (Å²) in [6, 6.07) is 28.1. The first-order chi connectivity index (χ1) is 10.1. The Labute approximate surface area is 140 Å². The van der Waals surface area contributed by atoms with E-state index in [2.05, 4.69) is 110 Å². The van der Waals surface area contributed by atoms with Crippen LogP contribution in [0, 0.1) is 0 Å². The molecule has 21 heavy (non-hydrogen) atoms. The van der Waals surface area contributed by atoms with Gasteiger partial charge < -0.3 is 0 Å². The van der Waals surface area contributed by atoms with Crippen molar-refractivity contribution in [3.63, 3.8) is 0 Å². The number of fused-ring (bicyclic) bond motifs is 3. The average molecular weight is 420 g/mol. The van der Waals surface area contributed by atoms with E-state index in [-0.39, 0.29) is 0 Å². The SMILES string of the molecule is BrP1(Br)(c2ccccc2)c2ccccc2-c2ccccc21. The Morgan fingerprint density at radius 2 is 0.952 bits per heavy atom. The third kappa shape index (κ3) is 1.70. The summed E-state index contributed by atoms with van der Waals surface area (Å²) in [6.45, 7) is 0. The van der Waals surface area contributed by atoms with Gasteiger partial charge in [-0.2, -0.15) is 0 Å². The fourth-order valence-electron chi connectivity index (χ4n) is 3.19. The minimum absolute atomic E-state index is 1.31. The van der Waals surface area contributed by atoms with Gasteiger partial charge in [-0.15, -0.1) is 0 Å². The molecule has 0 aliphatic carbocycles. The summed E-state index contributed by atoms with van der Waals surface area (Å²) < 4.78 is -2.68. The van der Waals surface area contributed by atoms with Crippen LogP contribution in [0.25, 0.3) is 11.1 Å². The second-order valence-electron chi connectivity index (χ2n) is 5.28. The van der Waals surface area contributed by atoms with E-state index >= 15 is 0 Å². The Morgan fingerprint density at radius 3 is 1.48 bits per heavy atom. The first-order valence-electron chi connectivity index (χ1n) is 6.82. The van der Waals surface area contributed by atoms with Gasteiger partial charge in [0.2, 0.25) is 0 Å². The quantitative estimate of drug-likeness (QED) is 0.480. The molecule has 104 valence electrons. The molecule has 1 aliphatic heterocycles. The summed E-state index contributed by atoms with van der Waals surface area (Å²) in [6.07, 6.45) is 0. The Bertz CT molecular complexity index is 791. The van der Waals surface area contributed by atoms with Gasteiger partial charge in [-0.05, 0) is 0 Å².